The van der Waals surface area contributed by atoms with Gasteiger partial charge in [-0.1, -0.05) is 36.0 Å². The third-order valence-corrected chi connectivity index (χ3v) is 3.29. The minimum Gasteiger partial charge on any atom is -0.389 e. The number of benzene rings is 1. The predicted octanol–water partition coefficient (Wildman–Crippen LogP) is 0.819. The first-order chi connectivity index (χ1) is 8.04. The maximum Gasteiger partial charge on any atom is 0.185 e. The highest BCUT2D eigenvalue weighted by molar-refractivity contribution is 8.13. The average Bonchev–Trinajstić information content (AvgIpc) is 2.35. The Bertz CT molecular complexity index is 367. The van der Waals surface area contributed by atoms with E-state index in [4.69, 9.17) is 5.73 Å². The van der Waals surface area contributed by atoms with Crippen LogP contribution in [0.2, 0.25) is 0 Å². The second-order valence-electron chi connectivity index (χ2n) is 3.76. The molecule has 0 saturated heterocycles. The van der Waals surface area contributed by atoms with Crippen molar-refractivity contribution in [3.63, 3.8) is 0 Å². The third-order valence-electron chi connectivity index (χ3n) is 2.38. The van der Waals surface area contributed by atoms with Crippen LogP contribution in [0, 0.1) is 0 Å². The van der Waals surface area contributed by atoms with Gasteiger partial charge in [-0.2, -0.15) is 0 Å². The Morgan fingerprint density at radius 3 is 2.41 bits per heavy atom. The van der Waals surface area contributed by atoms with Crippen LogP contribution in [0.5, 0.6) is 0 Å². The molecule has 0 radical (unpaired) electrons. The summed E-state index contributed by atoms with van der Waals surface area (Å²) in [6.07, 6.45) is -1.93. The summed E-state index contributed by atoms with van der Waals surface area (Å²) in [7, 11) is 0. The van der Waals surface area contributed by atoms with E-state index in [2.05, 4.69) is 0 Å². The van der Waals surface area contributed by atoms with Crippen molar-refractivity contribution >= 4 is 16.9 Å². The van der Waals surface area contributed by atoms with E-state index in [1.54, 1.807) is 12.1 Å². The summed E-state index contributed by atoms with van der Waals surface area (Å²) in [6, 6.07) is 7.08. The number of nitrogens with two attached hydrogens (primary N) is 1. The molecule has 0 spiro atoms. The first-order valence-corrected chi connectivity index (χ1v) is 6.31. The van der Waals surface area contributed by atoms with Crippen LogP contribution >= 0.6 is 11.8 Å². The van der Waals surface area contributed by atoms with E-state index in [9.17, 15) is 15.0 Å². The molecule has 0 aliphatic carbocycles. The highest BCUT2D eigenvalue weighted by Gasteiger charge is 2.18. The van der Waals surface area contributed by atoms with Crippen molar-refractivity contribution < 1.29 is 15.0 Å². The zero-order chi connectivity index (χ0) is 12.8. The molecule has 0 heterocycles. The quantitative estimate of drug-likeness (QED) is 0.725. The maximum atomic E-state index is 10.7. The predicted molar refractivity (Wildman–Crippen MR) is 68.4 cm³/mol. The van der Waals surface area contributed by atoms with Crippen LogP contribution in [0.4, 0.5) is 0 Å². The molecule has 0 saturated carbocycles. The molecule has 17 heavy (non-hydrogen) atoms. The van der Waals surface area contributed by atoms with Gasteiger partial charge in [0.05, 0.1) is 6.10 Å². The topological polar surface area (TPSA) is 83.5 Å². The second-order valence-corrected chi connectivity index (χ2v) is 4.96. The van der Waals surface area contributed by atoms with Gasteiger partial charge in [-0.05, 0) is 11.1 Å². The van der Waals surface area contributed by atoms with E-state index < -0.39 is 12.2 Å². The first-order valence-electron chi connectivity index (χ1n) is 5.33. The molecule has 2 unspecified atom stereocenters. The number of aliphatic hydroxyl groups excluding tert-OH is 2. The molecule has 2 atom stereocenters. The molecular formula is C12H17NO3S. The number of thioether (sulfide) groups is 1. The Morgan fingerprint density at radius 2 is 1.94 bits per heavy atom. The van der Waals surface area contributed by atoms with Gasteiger partial charge in [0.15, 0.2) is 5.12 Å². The number of hydrogen-bond donors (Lipinski definition) is 3. The number of carbonyl (C=O) groups excluding carboxylic acids is 1. The van der Waals surface area contributed by atoms with Gasteiger partial charge in [0.1, 0.15) is 6.10 Å². The summed E-state index contributed by atoms with van der Waals surface area (Å²) in [6.45, 7) is 1.87. The van der Waals surface area contributed by atoms with Crippen molar-refractivity contribution in [2.75, 3.05) is 5.75 Å². The lowest BCUT2D eigenvalue weighted by atomic mass is 10.0. The van der Waals surface area contributed by atoms with Gasteiger partial charge >= 0.3 is 0 Å². The highest BCUT2D eigenvalue weighted by Crippen LogP contribution is 2.20. The summed E-state index contributed by atoms with van der Waals surface area (Å²) >= 11 is 1.00. The molecule has 94 valence electrons. The number of hydrogen-bond acceptors (Lipinski definition) is 5. The van der Waals surface area contributed by atoms with Crippen LogP contribution in [0.25, 0.3) is 0 Å². The second kappa shape index (κ2) is 6.76. The van der Waals surface area contributed by atoms with Crippen molar-refractivity contribution in [3.8, 4) is 0 Å². The average molecular weight is 255 g/mol. The first kappa shape index (κ1) is 14.2. The van der Waals surface area contributed by atoms with Crippen LogP contribution in [-0.2, 0) is 11.3 Å². The van der Waals surface area contributed by atoms with Crippen molar-refractivity contribution in [1.29, 1.82) is 0 Å². The zero-order valence-electron chi connectivity index (χ0n) is 9.67. The van der Waals surface area contributed by atoms with Crippen molar-refractivity contribution in [2.45, 2.75) is 25.7 Å². The van der Waals surface area contributed by atoms with Gasteiger partial charge in [0.25, 0.3) is 0 Å². The molecular weight excluding hydrogens is 238 g/mol. The molecule has 0 bridgehead atoms. The SMILES string of the molecule is CC(=O)SCC(O)C(O)c1ccc(CN)cc1. The fourth-order valence-electron chi connectivity index (χ4n) is 1.37. The van der Waals surface area contributed by atoms with Crippen molar-refractivity contribution in [3.05, 3.63) is 35.4 Å². The van der Waals surface area contributed by atoms with Crippen LogP contribution < -0.4 is 5.73 Å². The molecule has 0 aliphatic rings. The lowest BCUT2D eigenvalue weighted by molar-refractivity contribution is -0.109. The van der Waals surface area contributed by atoms with Crippen LogP contribution in [0.15, 0.2) is 24.3 Å². The standard InChI is InChI=1S/C12H17NO3S/c1-8(14)17-7-11(15)12(16)10-4-2-9(6-13)3-5-10/h2-5,11-12,15-16H,6-7,13H2,1H3. The molecule has 1 rings (SSSR count). The molecule has 5 heteroatoms. The molecule has 0 aliphatic heterocycles. The lowest BCUT2D eigenvalue weighted by Gasteiger charge is -2.17. The Hall–Kier alpha value is -0.880. The van der Waals surface area contributed by atoms with Gasteiger partial charge in [-0.25, -0.2) is 0 Å². The minimum atomic E-state index is -0.978. The van der Waals surface area contributed by atoms with E-state index in [1.165, 1.54) is 6.92 Å². The third kappa shape index (κ3) is 4.47. The molecule has 1 aromatic rings. The Kier molecular flexibility index (Phi) is 5.64. The van der Waals surface area contributed by atoms with Gasteiger partial charge in [0.2, 0.25) is 0 Å². The summed E-state index contributed by atoms with van der Waals surface area (Å²) in [5.41, 5.74) is 7.05. The summed E-state index contributed by atoms with van der Waals surface area (Å²) < 4.78 is 0. The molecule has 0 aromatic heterocycles. The Morgan fingerprint density at radius 1 is 1.35 bits per heavy atom. The van der Waals surface area contributed by atoms with Crippen LogP contribution in [0.3, 0.4) is 0 Å². The van der Waals surface area contributed by atoms with E-state index in [0.717, 1.165) is 17.3 Å². The van der Waals surface area contributed by atoms with Gasteiger partial charge in [0, 0.05) is 19.2 Å². The van der Waals surface area contributed by atoms with Crippen LogP contribution in [0.1, 0.15) is 24.2 Å². The van der Waals surface area contributed by atoms with E-state index in [-0.39, 0.29) is 10.9 Å². The smallest absolute Gasteiger partial charge is 0.185 e. The maximum absolute atomic E-state index is 10.7. The molecule has 4 N–H and O–H groups in total. The van der Waals surface area contributed by atoms with Crippen molar-refractivity contribution in [2.24, 2.45) is 5.73 Å². The summed E-state index contributed by atoms with van der Waals surface area (Å²) in [5.74, 6) is 0.190. The lowest BCUT2D eigenvalue weighted by Crippen LogP contribution is -2.21. The number of carbonyl (C=O) groups is 1. The van der Waals surface area contributed by atoms with E-state index in [1.807, 2.05) is 12.1 Å². The van der Waals surface area contributed by atoms with Gasteiger partial charge in [-0.3, -0.25) is 4.79 Å². The molecule has 0 fully saturated rings. The Labute approximate surface area is 105 Å². The number of rotatable bonds is 5. The fourth-order valence-corrected chi connectivity index (χ4v) is 1.95. The van der Waals surface area contributed by atoms with Crippen LogP contribution in [-0.4, -0.2) is 27.2 Å². The fraction of sp³-hybridized carbons (Fsp3) is 0.417. The minimum absolute atomic E-state index is 0.0743. The van der Waals surface area contributed by atoms with Crippen molar-refractivity contribution in [1.82, 2.24) is 0 Å². The van der Waals surface area contributed by atoms with Gasteiger partial charge in [-0.15, -0.1) is 0 Å². The summed E-state index contributed by atoms with van der Waals surface area (Å²) in [5, 5.41) is 19.5. The Balaban J connectivity index is 2.60. The number of aliphatic hydroxyl groups is 2. The molecule has 0 amide bonds. The monoisotopic (exact) mass is 255 g/mol. The zero-order valence-corrected chi connectivity index (χ0v) is 10.5. The normalized spacial score (nSPS) is 14.4. The molecule has 4 nitrogen and oxygen atoms in total. The molecule has 1 aromatic carbocycles. The highest BCUT2D eigenvalue weighted by atomic mass is 32.2. The largest absolute Gasteiger partial charge is 0.389 e. The van der Waals surface area contributed by atoms with E-state index >= 15 is 0 Å². The summed E-state index contributed by atoms with van der Waals surface area (Å²) in [4.78, 5) is 10.7. The van der Waals surface area contributed by atoms with E-state index in [0.29, 0.717) is 12.1 Å². The van der Waals surface area contributed by atoms with Gasteiger partial charge < -0.3 is 15.9 Å².